The Morgan fingerprint density at radius 3 is 2.61 bits per heavy atom. The standard InChI is InChI=1S/C10H15N3O4S/c1-5(2)7-8(18-13-12-7)9(15)11-6(3-4-14)10(16)17/h5-6,14H,3-4H2,1-2H3,(H,11,15)(H,16,17)/t6-/m0/s1. The third-order valence-corrected chi connectivity index (χ3v) is 3.03. The molecule has 7 nitrogen and oxygen atoms in total. The molecule has 100 valence electrons. The molecule has 1 aromatic heterocycles. The van der Waals surface area contributed by atoms with Gasteiger partial charge in [-0.3, -0.25) is 4.79 Å². The molecule has 0 bridgehead atoms. The minimum absolute atomic E-state index is 0.0330. The SMILES string of the molecule is CC(C)c1nnsc1C(=O)N[C@@H](CCO)C(=O)O. The van der Waals surface area contributed by atoms with Crippen LogP contribution in [0.2, 0.25) is 0 Å². The van der Waals surface area contributed by atoms with Crippen LogP contribution in [0, 0.1) is 0 Å². The summed E-state index contributed by atoms with van der Waals surface area (Å²) >= 11 is 0.929. The summed E-state index contributed by atoms with van der Waals surface area (Å²) in [5.74, 6) is -1.67. The molecule has 1 amide bonds. The third kappa shape index (κ3) is 3.47. The first-order valence-electron chi connectivity index (χ1n) is 5.44. The first kappa shape index (κ1) is 14.5. The first-order chi connectivity index (χ1) is 8.47. The summed E-state index contributed by atoms with van der Waals surface area (Å²) in [6.45, 7) is 3.43. The van der Waals surface area contributed by atoms with Gasteiger partial charge in [0.1, 0.15) is 10.9 Å². The topological polar surface area (TPSA) is 112 Å². The Hall–Kier alpha value is -1.54. The number of carbonyl (C=O) groups excluding carboxylic acids is 1. The molecule has 0 fully saturated rings. The van der Waals surface area contributed by atoms with E-state index in [4.69, 9.17) is 10.2 Å². The summed E-state index contributed by atoms with van der Waals surface area (Å²) in [5, 5.41) is 23.8. The molecular formula is C10H15N3O4S. The lowest BCUT2D eigenvalue weighted by molar-refractivity contribution is -0.139. The van der Waals surface area contributed by atoms with Crippen LogP contribution in [0.25, 0.3) is 0 Å². The van der Waals surface area contributed by atoms with Crippen molar-refractivity contribution in [1.29, 1.82) is 0 Å². The van der Waals surface area contributed by atoms with Gasteiger partial charge >= 0.3 is 5.97 Å². The quantitative estimate of drug-likeness (QED) is 0.683. The highest BCUT2D eigenvalue weighted by atomic mass is 32.1. The van der Waals surface area contributed by atoms with Crippen molar-refractivity contribution in [1.82, 2.24) is 14.9 Å². The van der Waals surface area contributed by atoms with Gasteiger partial charge in [0.15, 0.2) is 0 Å². The summed E-state index contributed by atoms with van der Waals surface area (Å²) in [6.07, 6.45) is -0.0374. The molecule has 0 radical (unpaired) electrons. The van der Waals surface area contributed by atoms with Crippen LogP contribution in [0.4, 0.5) is 0 Å². The maximum atomic E-state index is 11.9. The van der Waals surface area contributed by atoms with E-state index in [0.29, 0.717) is 10.6 Å². The minimum atomic E-state index is -1.18. The molecule has 8 heteroatoms. The fraction of sp³-hybridized carbons (Fsp3) is 0.600. The average molecular weight is 273 g/mol. The second-order valence-corrected chi connectivity index (χ2v) is 4.77. The number of hydrogen-bond donors (Lipinski definition) is 3. The molecule has 1 aromatic rings. The van der Waals surface area contributed by atoms with E-state index in [1.54, 1.807) is 0 Å². The fourth-order valence-electron chi connectivity index (χ4n) is 1.34. The second kappa shape index (κ2) is 6.41. The summed E-state index contributed by atoms with van der Waals surface area (Å²) in [6, 6.07) is -1.11. The maximum Gasteiger partial charge on any atom is 0.326 e. The van der Waals surface area contributed by atoms with Gasteiger partial charge in [-0.05, 0) is 17.5 Å². The van der Waals surface area contributed by atoms with Crippen molar-refractivity contribution in [3.63, 3.8) is 0 Å². The number of nitrogens with one attached hydrogen (secondary N) is 1. The fourth-order valence-corrected chi connectivity index (χ4v) is 2.07. The molecular weight excluding hydrogens is 258 g/mol. The van der Waals surface area contributed by atoms with E-state index in [9.17, 15) is 9.59 Å². The van der Waals surface area contributed by atoms with E-state index in [1.165, 1.54) is 0 Å². The number of aliphatic hydroxyl groups excluding tert-OH is 1. The van der Waals surface area contributed by atoms with Crippen molar-refractivity contribution >= 4 is 23.4 Å². The molecule has 0 spiro atoms. The van der Waals surface area contributed by atoms with Crippen molar-refractivity contribution in [3.8, 4) is 0 Å². The van der Waals surface area contributed by atoms with Crippen molar-refractivity contribution in [2.45, 2.75) is 32.2 Å². The van der Waals surface area contributed by atoms with Crippen LogP contribution in [-0.4, -0.2) is 44.3 Å². The van der Waals surface area contributed by atoms with Crippen molar-refractivity contribution in [2.75, 3.05) is 6.61 Å². The van der Waals surface area contributed by atoms with Crippen LogP contribution >= 0.6 is 11.5 Å². The molecule has 0 aliphatic heterocycles. The van der Waals surface area contributed by atoms with E-state index in [1.807, 2.05) is 13.8 Å². The van der Waals surface area contributed by atoms with Crippen LogP contribution in [0.15, 0.2) is 0 Å². The molecule has 1 rings (SSSR count). The summed E-state index contributed by atoms with van der Waals surface area (Å²) in [5.41, 5.74) is 0.547. The molecule has 0 aliphatic rings. The normalized spacial score (nSPS) is 12.4. The molecule has 1 atom stereocenters. The molecule has 3 N–H and O–H groups in total. The summed E-state index contributed by atoms with van der Waals surface area (Å²) in [4.78, 5) is 23.1. The Morgan fingerprint density at radius 1 is 1.44 bits per heavy atom. The van der Waals surface area contributed by atoms with Crippen LogP contribution in [0.5, 0.6) is 0 Å². The van der Waals surface area contributed by atoms with Crippen LogP contribution in [0.3, 0.4) is 0 Å². The number of rotatable bonds is 6. The number of aliphatic hydroxyl groups is 1. The zero-order valence-electron chi connectivity index (χ0n) is 10.1. The number of hydrogen-bond acceptors (Lipinski definition) is 6. The third-order valence-electron chi connectivity index (χ3n) is 2.29. The van der Waals surface area contributed by atoms with Crippen LogP contribution in [0.1, 0.15) is 41.6 Å². The zero-order valence-corrected chi connectivity index (χ0v) is 10.9. The monoisotopic (exact) mass is 273 g/mol. The number of carboxylic acids is 1. The van der Waals surface area contributed by atoms with Gasteiger partial charge in [0.25, 0.3) is 5.91 Å². The van der Waals surface area contributed by atoms with Gasteiger partial charge in [-0.1, -0.05) is 18.3 Å². The Bertz CT molecular complexity index is 433. The second-order valence-electron chi connectivity index (χ2n) is 4.02. The lowest BCUT2D eigenvalue weighted by Crippen LogP contribution is -2.41. The number of carboxylic acid groups (broad SMARTS) is 1. The Balaban J connectivity index is 2.80. The van der Waals surface area contributed by atoms with Crippen molar-refractivity contribution in [3.05, 3.63) is 10.6 Å². The molecule has 0 unspecified atom stereocenters. The van der Waals surface area contributed by atoms with Crippen LogP contribution in [-0.2, 0) is 4.79 Å². The maximum absolute atomic E-state index is 11.9. The number of aliphatic carboxylic acids is 1. The average Bonchev–Trinajstić information content (AvgIpc) is 2.77. The molecule has 18 heavy (non-hydrogen) atoms. The lowest BCUT2D eigenvalue weighted by atomic mass is 10.1. The number of nitrogens with zero attached hydrogens (tertiary/aromatic N) is 2. The van der Waals surface area contributed by atoms with Gasteiger partial charge in [-0.2, -0.15) is 0 Å². The predicted octanol–water partition coefficient (Wildman–Crippen LogP) is 0.227. The van der Waals surface area contributed by atoms with Crippen molar-refractivity contribution in [2.24, 2.45) is 0 Å². The Labute approximate surface area is 108 Å². The van der Waals surface area contributed by atoms with Crippen LogP contribution < -0.4 is 5.32 Å². The lowest BCUT2D eigenvalue weighted by Gasteiger charge is -2.13. The highest BCUT2D eigenvalue weighted by Gasteiger charge is 2.24. The van der Waals surface area contributed by atoms with Gasteiger partial charge < -0.3 is 15.5 Å². The van der Waals surface area contributed by atoms with E-state index in [-0.39, 0.29) is 18.9 Å². The molecule has 1 heterocycles. The van der Waals surface area contributed by atoms with E-state index < -0.39 is 17.9 Å². The van der Waals surface area contributed by atoms with Crippen molar-refractivity contribution < 1.29 is 19.8 Å². The van der Waals surface area contributed by atoms with Gasteiger partial charge in [0.05, 0.1) is 5.69 Å². The smallest absolute Gasteiger partial charge is 0.326 e. The van der Waals surface area contributed by atoms with Gasteiger partial charge in [0.2, 0.25) is 0 Å². The highest BCUT2D eigenvalue weighted by Crippen LogP contribution is 2.19. The number of aromatic nitrogens is 2. The largest absolute Gasteiger partial charge is 0.480 e. The van der Waals surface area contributed by atoms with Gasteiger partial charge in [-0.15, -0.1) is 5.10 Å². The predicted molar refractivity (Wildman–Crippen MR) is 64.6 cm³/mol. The zero-order chi connectivity index (χ0) is 13.7. The molecule has 0 aromatic carbocycles. The molecule has 0 saturated heterocycles. The Morgan fingerprint density at radius 2 is 2.11 bits per heavy atom. The number of carbonyl (C=O) groups is 2. The minimum Gasteiger partial charge on any atom is -0.480 e. The van der Waals surface area contributed by atoms with Gasteiger partial charge in [-0.25, -0.2) is 4.79 Å². The Kier molecular flexibility index (Phi) is 5.17. The summed E-state index contributed by atoms with van der Waals surface area (Å²) in [7, 11) is 0. The van der Waals surface area contributed by atoms with E-state index in [0.717, 1.165) is 11.5 Å². The van der Waals surface area contributed by atoms with E-state index in [2.05, 4.69) is 14.9 Å². The van der Waals surface area contributed by atoms with E-state index >= 15 is 0 Å². The summed E-state index contributed by atoms with van der Waals surface area (Å²) < 4.78 is 3.70. The van der Waals surface area contributed by atoms with Gasteiger partial charge in [0, 0.05) is 13.0 Å². The first-order valence-corrected chi connectivity index (χ1v) is 6.21. The highest BCUT2D eigenvalue weighted by molar-refractivity contribution is 7.08. The number of amides is 1. The molecule has 0 aliphatic carbocycles. The molecule has 0 saturated carbocycles.